The standard InChI is InChI=1S/C9H10BrN3S/c1-2-3-8-11-9(13-12-8)6-4-5-7(10)14-6/h4-5H,2-3H2,1H3,(H,11,12,13). The van der Waals surface area contributed by atoms with Crippen LogP contribution in [0.1, 0.15) is 19.2 Å². The number of hydrogen-bond donors (Lipinski definition) is 1. The van der Waals surface area contributed by atoms with E-state index in [1.54, 1.807) is 11.3 Å². The van der Waals surface area contributed by atoms with E-state index >= 15 is 0 Å². The predicted octanol–water partition coefficient (Wildman–Crippen LogP) is 3.25. The van der Waals surface area contributed by atoms with Gasteiger partial charge in [0.2, 0.25) is 0 Å². The van der Waals surface area contributed by atoms with E-state index in [1.165, 1.54) is 0 Å². The highest BCUT2D eigenvalue weighted by Gasteiger charge is 2.07. The average molecular weight is 272 g/mol. The van der Waals surface area contributed by atoms with Crippen molar-refractivity contribution in [3.8, 4) is 10.7 Å². The number of H-pyrrole nitrogens is 1. The maximum absolute atomic E-state index is 4.41. The Hall–Kier alpha value is -0.680. The summed E-state index contributed by atoms with van der Waals surface area (Å²) in [5.74, 6) is 1.76. The Kier molecular flexibility index (Phi) is 2.98. The summed E-state index contributed by atoms with van der Waals surface area (Å²) in [7, 11) is 0. The molecule has 0 aromatic carbocycles. The largest absolute Gasteiger partial charge is 0.263 e. The van der Waals surface area contributed by atoms with Crippen LogP contribution in [0.15, 0.2) is 15.9 Å². The summed E-state index contributed by atoms with van der Waals surface area (Å²) in [6, 6.07) is 4.03. The molecule has 2 rings (SSSR count). The summed E-state index contributed by atoms with van der Waals surface area (Å²) in [6.45, 7) is 2.13. The molecule has 0 radical (unpaired) electrons. The van der Waals surface area contributed by atoms with Gasteiger partial charge in [0.15, 0.2) is 5.82 Å². The number of aromatic amines is 1. The predicted molar refractivity (Wildman–Crippen MR) is 61.4 cm³/mol. The van der Waals surface area contributed by atoms with Crippen molar-refractivity contribution in [3.05, 3.63) is 21.7 Å². The molecule has 0 saturated heterocycles. The average Bonchev–Trinajstić information content (AvgIpc) is 2.74. The molecule has 2 heterocycles. The van der Waals surface area contributed by atoms with Crippen molar-refractivity contribution in [2.24, 2.45) is 0 Å². The number of thiophene rings is 1. The molecule has 0 spiro atoms. The Morgan fingerprint density at radius 1 is 1.50 bits per heavy atom. The van der Waals surface area contributed by atoms with Crippen LogP contribution in [0.4, 0.5) is 0 Å². The molecule has 0 bridgehead atoms. The van der Waals surface area contributed by atoms with Crippen LogP contribution in [0.2, 0.25) is 0 Å². The summed E-state index contributed by atoms with van der Waals surface area (Å²) < 4.78 is 1.11. The van der Waals surface area contributed by atoms with Crippen molar-refractivity contribution in [2.75, 3.05) is 0 Å². The fourth-order valence-electron chi connectivity index (χ4n) is 1.19. The molecule has 0 atom stereocenters. The molecule has 2 aromatic rings. The van der Waals surface area contributed by atoms with Gasteiger partial charge in [-0.15, -0.1) is 11.3 Å². The van der Waals surface area contributed by atoms with Crippen LogP contribution in [0, 0.1) is 0 Å². The Bertz CT molecular complexity index is 421. The van der Waals surface area contributed by atoms with E-state index in [0.717, 1.165) is 33.2 Å². The van der Waals surface area contributed by atoms with Gasteiger partial charge >= 0.3 is 0 Å². The van der Waals surface area contributed by atoms with Gasteiger partial charge in [-0.1, -0.05) is 6.92 Å². The zero-order valence-electron chi connectivity index (χ0n) is 7.75. The van der Waals surface area contributed by atoms with Gasteiger partial charge in [-0.2, -0.15) is 5.10 Å². The van der Waals surface area contributed by atoms with Crippen molar-refractivity contribution < 1.29 is 0 Å². The van der Waals surface area contributed by atoms with Crippen LogP contribution in [-0.2, 0) is 6.42 Å². The van der Waals surface area contributed by atoms with Gasteiger partial charge in [-0.25, -0.2) is 4.98 Å². The van der Waals surface area contributed by atoms with Gasteiger partial charge in [-0.3, -0.25) is 5.10 Å². The number of nitrogens with one attached hydrogen (secondary N) is 1. The molecular weight excluding hydrogens is 262 g/mol. The number of aromatic nitrogens is 3. The number of nitrogens with zero attached hydrogens (tertiary/aromatic N) is 2. The summed E-state index contributed by atoms with van der Waals surface area (Å²) in [5, 5.41) is 7.12. The molecular formula is C9H10BrN3S. The highest BCUT2D eigenvalue weighted by molar-refractivity contribution is 9.11. The van der Waals surface area contributed by atoms with Crippen molar-refractivity contribution in [1.82, 2.24) is 15.2 Å². The zero-order chi connectivity index (χ0) is 9.97. The third-order valence-electron chi connectivity index (χ3n) is 1.81. The van der Waals surface area contributed by atoms with Gasteiger partial charge in [-0.05, 0) is 34.5 Å². The molecule has 0 aliphatic carbocycles. The monoisotopic (exact) mass is 271 g/mol. The molecule has 14 heavy (non-hydrogen) atoms. The van der Waals surface area contributed by atoms with E-state index < -0.39 is 0 Å². The van der Waals surface area contributed by atoms with Crippen molar-refractivity contribution >= 4 is 27.3 Å². The fraction of sp³-hybridized carbons (Fsp3) is 0.333. The Morgan fingerprint density at radius 3 is 3.00 bits per heavy atom. The molecule has 74 valence electrons. The molecule has 2 aromatic heterocycles. The minimum absolute atomic E-state index is 0.796. The molecule has 0 fully saturated rings. The van der Waals surface area contributed by atoms with E-state index in [0.29, 0.717) is 0 Å². The van der Waals surface area contributed by atoms with E-state index in [4.69, 9.17) is 0 Å². The summed E-state index contributed by atoms with van der Waals surface area (Å²) >= 11 is 5.06. The first-order valence-corrected chi connectivity index (χ1v) is 6.07. The minimum Gasteiger partial charge on any atom is -0.263 e. The third-order valence-corrected chi connectivity index (χ3v) is 3.43. The number of hydrogen-bond acceptors (Lipinski definition) is 3. The Labute approximate surface area is 94.7 Å². The summed E-state index contributed by atoms with van der Waals surface area (Å²) in [5.41, 5.74) is 0. The summed E-state index contributed by atoms with van der Waals surface area (Å²) in [4.78, 5) is 5.50. The first-order valence-electron chi connectivity index (χ1n) is 4.46. The third kappa shape index (κ3) is 2.04. The van der Waals surface area contributed by atoms with Crippen LogP contribution >= 0.6 is 27.3 Å². The molecule has 0 aliphatic heterocycles. The number of aryl methyl sites for hydroxylation is 1. The van der Waals surface area contributed by atoms with Crippen molar-refractivity contribution in [1.29, 1.82) is 0 Å². The topological polar surface area (TPSA) is 41.6 Å². The van der Waals surface area contributed by atoms with Crippen molar-refractivity contribution in [2.45, 2.75) is 19.8 Å². The highest BCUT2D eigenvalue weighted by atomic mass is 79.9. The molecule has 0 saturated carbocycles. The van der Waals surface area contributed by atoms with E-state index in [1.807, 2.05) is 12.1 Å². The molecule has 0 aliphatic rings. The second-order valence-electron chi connectivity index (χ2n) is 2.96. The molecule has 0 unspecified atom stereocenters. The lowest BCUT2D eigenvalue weighted by Gasteiger charge is -1.86. The smallest absolute Gasteiger partial charge is 0.191 e. The molecule has 0 amide bonds. The Morgan fingerprint density at radius 2 is 2.36 bits per heavy atom. The quantitative estimate of drug-likeness (QED) is 0.931. The maximum Gasteiger partial charge on any atom is 0.191 e. The van der Waals surface area contributed by atoms with Gasteiger partial charge < -0.3 is 0 Å². The van der Waals surface area contributed by atoms with Gasteiger partial charge in [0, 0.05) is 6.42 Å². The fourth-order valence-corrected chi connectivity index (χ4v) is 2.51. The zero-order valence-corrected chi connectivity index (χ0v) is 10.2. The van der Waals surface area contributed by atoms with Crippen LogP contribution in [0.5, 0.6) is 0 Å². The number of rotatable bonds is 3. The normalized spacial score (nSPS) is 10.7. The van der Waals surface area contributed by atoms with Crippen LogP contribution in [0.3, 0.4) is 0 Å². The van der Waals surface area contributed by atoms with Gasteiger partial charge in [0.25, 0.3) is 0 Å². The van der Waals surface area contributed by atoms with E-state index in [9.17, 15) is 0 Å². The minimum atomic E-state index is 0.796. The lowest BCUT2D eigenvalue weighted by Crippen LogP contribution is -1.84. The second-order valence-corrected chi connectivity index (χ2v) is 5.42. The Balaban J connectivity index is 2.24. The SMILES string of the molecule is CCCc1nc(-c2ccc(Br)s2)n[nH]1. The maximum atomic E-state index is 4.41. The van der Waals surface area contributed by atoms with Gasteiger partial charge in [0.05, 0.1) is 8.66 Å². The number of halogens is 1. The molecule has 3 nitrogen and oxygen atoms in total. The van der Waals surface area contributed by atoms with Crippen LogP contribution in [-0.4, -0.2) is 15.2 Å². The lowest BCUT2D eigenvalue weighted by molar-refractivity contribution is 0.841. The van der Waals surface area contributed by atoms with E-state index in [2.05, 4.69) is 38.0 Å². The van der Waals surface area contributed by atoms with Crippen molar-refractivity contribution in [3.63, 3.8) is 0 Å². The van der Waals surface area contributed by atoms with E-state index in [-0.39, 0.29) is 0 Å². The molecule has 1 N–H and O–H groups in total. The molecule has 5 heteroatoms. The van der Waals surface area contributed by atoms with Crippen LogP contribution in [0.25, 0.3) is 10.7 Å². The highest BCUT2D eigenvalue weighted by Crippen LogP contribution is 2.28. The first-order chi connectivity index (χ1) is 6.79. The summed E-state index contributed by atoms with van der Waals surface area (Å²) in [6.07, 6.45) is 2.04. The second kappa shape index (κ2) is 4.23. The first kappa shape index (κ1) is 9.86. The lowest BCUT2D eigenvalue weighted by atomic mass is 10.3. The van der Waals surface area contributed by atoms with Gasteiger partial charge in [0.1, 0.15) is 5.82 Å². The van der Waals surface area contributed by atoms with Crippen LogP contribution < -0.4 is 0 Å².